The Hall–Kier alpha value is -3.02. The molecule has 2 heterocycles. The molecule has 0 spiro atoms. The van der Waals surface area contributed by atoms with Crippen LogP contribution in [0.25, 0.3) is 0 Å². The minimum absolute atomic E-state index is 0.165. The highest BCUT2D eigenvalue weighted by molar-refractivity contribution is 6.01. The van der Waals surface area contributed by atoms with Gasteiger partial charge in [-0.15, -0.1) is 0 Å². The number of anilines is 1. The van der Waals surface area contributed by atoms with E-state index in [1.807, 2.05) is 31.2 Å². The molecule has 0 aliphatic carbocycles. The van der Waals surface area contributed by atoms with E-state index in [2.05, 4.69) is 15.5 Å². The van der Waals surface area contributed by atoms with Gasteiger partial charge < -0.3 is 4.90 Å². The number of rotatable bonds is 4. The van der Waals surface area contributed by atoms with Gasteiger partial charge in [0, 0.05) is 36.6 Å². The first-order valence-electron chi connectivity index (χ1n) is 7.80. The molecule has 0 unspecified atom stereocenters. The highest BCUT2D eigenvalue weighted by Crippen LogP contribution is 2.21. The molecule has 1 N–H and O–H groups in total. The van der Waals surface area contributed by atoms with Crippen LogP contribution in [-0.2, 0) is 4.79 Å². The van der Waals surface area contributed by atoms with Gasteiger partial charge in [-0.2, -0.15) is 5.10 Å². The Morgan fingerprint density at radius 1 is 1.12 bits per heavy atom. The molecular weight excluding hydrogens is 304 g/mol. The van der Waals surface area contributed by atoms with Gasteiger partial charge in [-0.3, -0.25) is 14.6 Å². The van der Waals surface area contributed by atoms with Crippen LogP contribution in [0, 0.1) is 0 Å². The van der Waals surface area contributed by atoms with E-state index in [0.29, 0.717) is 17.7 Å². The fourth-order valence-corrected chi connectivity index (χ4v) is 2.57. The van der Waals surface area contributed by atoms with E-state index in [4.69, 9.17) is 0 Å². The number of nitrogens with one attached hydrogen (secondary N) is 1. The zero-order valence-corrected chi connectivity index (χ0v) is 13.4. The van der Waals surface area contributed by atoms with Gasteiger partial charge in [0.1, 0.15) is 0 Å². The average molecular weight is 322 g/mol. The van der Waals surface area contributed by atoms with Gasteiger partial charge in [-0.1, -0.05) is 12.1 Å². The van der Waals surface area contributed by atoms with E-state index in [1.165, 1.54) is 0 Å². The number of nitrogens with zero attached hydrogens (tertiary/aromatic N) is 3. The van der Waals surface area contributed by atoms with Crippen molar-refractivity contribution in [1.82, 2.24) is 10.4 Å². The molecule has 1 fully saturated rings. The molecular formula is C18H18N4O2. The van der Waals surface area contributed by atoms with Crippen LogP contribution in [-0.4, -0.2) is 29.1 Å². The second-order valence-corrected chi connectivity index (χ2v) is 5.57. The molecule has 6 nitrogen and oxygen atoms in total. The first kappa shape index (κ1) is 15.9. The number of carbonyl (C=O) groups is 2. The Morgan fingerprint density at radius 3 is 2.46 bits per heavy atom. The highest BCUT2D eigenvalue weighted by atomic mass is 16.2. The Balaban J connectivity index is 1.67. The maximum atomic E-state index is 12.0. The first-order valence-corrected chi connectivity index (χ1v) is 7.80. The fourth-order valence-electron chi connectivity index (χ4n) is 2.57. The lowest BCUT2D eigenvalue weighted by atomic mass is 10.1. The maximum Gasteiger partial charge on any atom is 0.271 e. The summed E-state index contributed by atoms with van der Waals surface area (Å²) < 4.78 is 0. The lowest BCUT2D eigenvalue weighted by Crippen LogP contribution is -2.23. The normalized spacial score (nSPS) is 14.8. The van der Waals surface area contributed by atoms with Gasteiger partial charge in [0.2, 0.25) is 5.91 Å². The number of hydrazone groups is 1. The van der Waals surface area contributed by atoms with Crippen molar-refractivity contribution in [2.75, 3.05) is 11.4 Å². The van der Waals surface area contributed by atoms with Crippen LogP contribution in [0.4, 0.5) is 5.69 Å². The summed E-state index contributed by atoms with van der Waals surface area (Å²) in [6, 6.07) is 10.9. The summed E-state index contributed by atoms with van der Waals surface area (Å²) in [4.78, 5) is 29.4. The van der Waals surface area contributed by atoms with Crippen molar-refractivity contribution < 1.29 is 9.59 Å². The number of amides is 2. The molecule has 24 heavy (non-hydrogen) atoms. The molecule has 1 aliphatic heterocycles. The molecule has 2 amide bonds. The Labute approximate surface area is 140 Å². The summed E-state index contributed by atoms with van der Waals surface area (Å²) >= 11 is 0. The maximum absolute atomic E-state index is 12.0. The zero-order chi connectivity index (χ0) is 16.9. The van der Waals surface area contributed by atoms with E-state index in [9.17, 15) is 9.59 Å². The Morgan fingerprint density at radius 2 is 1.83 bits per heavy atom. The van der Waals surface area contributed by atoms with Gasteiger partial charge in [0.25, 0.3) is 5.91 Å². The predicted octanol–water partition coefficient (Wildman–Crippen LogP) is 2.36. The number of hydrogen-bond donors (Lipinski definition) is 1. The van der Waals surface area contributed by atoms with E-state index in [0.717, 1.165) is 24.2 Å². The minimum Gasteiger partial charge on any atom is -0.312 e. The number of benzene rings is 1. The Bertz CT molecular complexity index is 769. The molecule has 1 aliphatic rings. The lowest BCUT2D eigenvalue weighted by Gasteiger charge is -2.15. The molecule has 122 valence electrons. The second-order valence-electron chi connectivity index (χ2n) is 5.57. The quantitative estimate of drug-likeness (QED) is 0.693. The third-order valence-electron chi connectivity index (χ3n) is 3.94. The van der Waals surface area contributed by atoms with Gasteiger partial charge in [0.05, 0.1) is 5.71 Å². The van der Waals surface area contributed by atoms with Crippen molar-refractivity contribution in [3.05, 3.63) is 59.9 Å². The van der Waals surface area contributed by atoms with Crippen molar-refractivity contribution >= 4 is 23.2 Å². The van der Waals surface area contributed by atoms with Crippen molar-refractivity contribution in [1.29, 1.82) is 0 Å². The average Bonchev–Trinajstić information content (AvgIpc) is 3.06. The Kier molecular flexibility index (Phi) is 4.65. The summed E-state index contributed by atoms with van der Waals surface area (Å²) in [5.41, 5.74) is 5.51. The van der Waals surface area contributed by atoms with E-state index in [-0.39, 0.29) is 11.8 Å². The summed E-state index contributed by atoms with van der Waals surface area (Å²) in [5, 5.41) is 4.13. The van der Waals surface area contributed by atoms with Gasteiger partial charge >= 0.3 is 0 Å². The van der Waals surface area contributed by atoms with Crippen LogP contribution in [0.3, 0.4) is 0 Å². The molecule has 1 aromatic heterocycles. The van der Waals surface area contributed by atoms with Crippen molar-refractivity contribution in [2.45, 2.75) is 19.8 Å². The van der Waals surface area contributed by atoms with E-state index < -0.39 is 0 Å². The third kappa shape index (κ3) is 3.48. The van der Waals surface area contributed by atoms with Crippen molar-refractivity contribution in [3.8, 4) is 0 Å². The number of carbonyl (C=O) groups excluding carboxylic acids is 2. The summed E-state index contributed by atoms with van der Waals surface area (Å²) in [5.74, 6) is -0.117. The number of pyridine rings is 1. The van der Waals surface area contributed by atoms with Crippen molar-refractivity contribution in [2.24, 2.45) is 5.10 Å². The van der Waals surface area contributed by atoms with Gasteiger partial charge in [0.15, 0.2) is 0 Å². The molecule has 0 atom stereocenters. The van der Waals surface area contributed by atoms with Crippen LogP contribution >= 0.6 is 0 Å². The monoisotopic (exact) mass is 322 g/mol. The van der Waals surface area contributed by atoms with E-state index in [1.54, 1.807) is 29.4 Å². The lowest BCUT2D eigenvalue weighted by molar-refractivity contribution is -0.117. The third-order valence-corrected chi connectivity index (χ3v) is 3.94. The summed E-state index contributed by atoms with van der Waals surface area (Å²) in [6.45, 7) is 2.59. The summed E-state index contributed by atoms with van der Waals surface area (Å²) in [6.07, 6.45) is 4.64. The largest absolute Gasteiger partial charge is 0.312 e. The fraction of sp³-hybridized carbons (Fsp3) is 0.222. The molecule has 0 radical (unpaired) electrons. The van der Waals surface area contributed by atoms with Gasteiger partial charge in [-0.05, 0) is 43.2 Å². The number of hydrogen-bond acceptors (Lipinski definition) is 4. The molecule has 0 bridgehead atoms. The standard InChI is InChI=1S/C18H18N4O2/c1-13(20-21-18(24)15-8-10-19-11-9-15)14-4-6-16(7-5-14)22-12-2-3-17(22)23/h4-11H,2-3,12H2,1H3,(H,21,24)/b20-13-. The summed E-state index contributed by atoms with van der Waals surface area (Å²) in [7, 11) is 0. The highest BCUT2D eigenvalue weighted by Gasteiger charge is 2.21. The topological polar surface area (TPSA) is 74.7 Å². The predicted molar refractivity (Wildman–Crippen MR) is 91.9 cm³/mol. The zero-order valence-electron chi connectivity index (χ0n) is 13.4. The van der Waals surface area contributed by atoms with Crippen molar-refractivity contribution in [3.63, 3.8) is 0 Å². The van der Waals surface area contributed by atoms with Crippen LogP contribution in [0.15, 0.2) is 53.9 Å². The molecule has 2 aromatic rings. The number of aromatic nitrogens is 1. The first-order chi connectivity index (χ1) is 11.6. The van der Waals surface area contributed by atoms with Crippen LogP contribution < -0.4 is 10.3 Å². The minimum atomic E-state index is -0.281. The SMILES string of the molecule is C/C(=N/NC(=O)c1ccncc1)c1ccc(N2CCCC2=O)cc1. The molecule has 1 aromatic carbocycles. The molecule has 3 rings (SSSR count). The molecule has 0 saturated carbocycles. The van der Waals surface area contributed by atoms with Crippen LogP contribution in [0.5, 0.6) is 0 Å². The van der Waals surface area contributed by atoms with Gasteiger partial charge in [-0.25, -0.2) is 5.43 Å². The molecule has 6 heteroatoms. The second kappa shape index (κ2) is 7.04. The molecule has 1 saturated heterocycles. The van der Waals surface area contributed by atoms with E-state index >= 15 is 0 Å². The van der Waals surface area contributed by atoms with Crippen LogP contribution in [0.1, 0.15) is 35.7 Å². The van der Waals surface area contributed by atoms with Crippen LogP contribution in [0.2, 0.25) is 0 Å². The smallest absolute Gasteiger partial charge is 0.271 e.